The van der Waals surface area contributed by atoms with E-state index in [2.05, 4.69) is 38.1 Å². The molecular formula is C39H66. The van der Waals surface area contributed by atoms with Crippen molar-refractivity contribution in [1.29, 1.82) is 0 Å². The highest BCUT2D eigenvalue weighted by atomic mass is 14.4. The highest BCUT2D eigenvalue weighted by Gasteiger charge is 2.30. The molecule has 1 aromatic rings. The van der Waals surface area contributed by atoms with Gasteiger partial charge in [0, 0.05) is 0 Å². The van der Waals surface area contributed by atoms with Gasteiger partial charge in [0.05, 0.1) is 0 Å². The zero-order chi connectivity index (χ0) is 27.1. The van der Waals surface area contributed by atoms with Gasteiger partial charge < -0.3 is 0 Å². The Bertz CT molecular complexity index is 722. The standard InChI is InChI=1S/C39H66/c1-3-5-7-9-11-13-33-18-26-37(27-19-33)39-30-22-35(23-31-39)15-14-34-20-28-38(29-21-34)36-24-16-32(17-25-36)12-10-8-6-4-2/h22-23,30-34,36-38H,3-21,24-29H2,1-2H3. The van der Waals surface area contributed by atoms with Crippen LogP contribution in [0.3, 0.4) is 0 Å². The molecule has 39 heavy (non-hydrogen) atoms. The molecule has 3 fully saturated rings. The van der Waals surface area contributed by atoms with E-state index in [0.29, 0.717) is 0 Å². The summed E-state index contributed by atoms with van der Waals surface area (Å²) in [5.74, 6) is 6.06. The molecule has 0 spiro atoms. The maximum Gasteiger partial charge on any atom is -0.0162 e. The maximum absolute atomic E-state index is 2.50. The molecular weight excluding hydrogens is 468 g/mol. The van der Waals surface area contributed by atoms with E-state index < -0.39 is 0 Å². The lowest BCUT2D eigenvalue weighted by Crippen LogP contribution is -2.26. The quantitative estimate of drug-likeness (QED) is 0.185. The summed E-state index contributed by atoms with van der Waals surface area (Å²) >= 11 is 0. The van der Waals surface area contributed by atoms with Crippen LogP contribution >= 0.6 is 0 Å². The Morgan fingerprint density at radius 2 is 0.897 bits per heavy atom. The third-order valence-corrected chi connectivity index (χ3v) is 11.8. The molecule has 3 aliphatic carbocycles. The number of aryl methyl sites for hydroxylation is 1. The average molecular weight is 535 g/mol. The molecule has 0 aromatic heterocycles. The van der Waals surface area contributed by atoms with Crippen LogP contribution in [0.2, 0.25) is 0 Å². The second-order valence-electron chi connectivity index (χ2n) is 14.6. The first-order valence-electron chi connectivity index (χ1n) is 18.3. The first-order chi connectivity index (χ1) is 19.2. The lowest BCUT2D eigenvalue weighted by Gasteiger charge is -2.38. The Labute approximate surface area is 244 Å². The van der Waals surface area contributed by atoms with Crippen molar-refractivity contribution in [3.8, 4) is 0 Å². The lowest BCUT2D eigenvalue weighted by atomic mass is 9.68. The molecule has 0 heteroatoms. The van der Waals surface area contributed by atoms with Gasteiger partial charge in [-0.3, -0.25) is 0 Å². The van der Waals surface area contributed by atoms with E-state index >= 15 is 0 Å². The molecule has 0 unspecified atom stereocenters. The Morgan fingerprint density at radius 1 is 0.462 bits per heavy atom. The largest absolute Gasteiger partial charge is 0.0654 e. The highest BCUT2D eigenvalue weighted by Crippen LogP contribution is 2.43. The fourth-order valence-electron chi connectivity index (χ4n) is 8.90. The first kappa shape index (κ1) is 31.2. The predicted octanol–water partition coefficient (Wildman–Crippen LogP) is 12.8. The normalized spacial score (nSPS) is 29.9. The number of hydrogen-bond acceptors (Lipinski definition) is 0. The molecule has 4 rings (SSSR count). The van der Waals surface area contributed by atoms with E-state index in [-0.39, 0.29) is 0 Å². The molecule has 1 aromatic carbocycles. The van der Waals surface area contributed by atoms with Crippen LogP contribution in [0.4, 0.5) is 0 Å². The SMILES string of the molecule is CCCCCCCC1CCC(c2ccc(CCC3CCC(C4CCC(CCCCCC)CC4)CC3)cc2)CC1. The van der Waals surface area contributed by atoms with Crippen molar-refractivity contribution in [3.05, 3.63) is 35.4 Å². The monoisotopic (exact) mass is 535 g/mol. The average Bonchev–Trinajstić information content (AvgIpc) is 2.99. The Hall–Kier alpha value is -0.780. The minimum Gasteiger partial charge on any atom is -0.0654 e. The minimum absolute atomic E-state index is 0.835. The van der Waals surface area contributed by atoms with Crippen LogP contribution in [0.25, 0.3) is 0 Å². The molecule has 0 amide bonds. The van der Waals surface area contributed by atoms with Crippen molar-refractivity contribution in [1.82, 2.24) is 0 Å². The van der Waals surface area contributed by atoms with Crippen molar-refractivity contribution in [2.45, 2.75) is 180 Å². The van der Waals surface area contributed by atoms with E-state index in [1.165, 1.54) is 135 Å². The topological polar surface area (TPSA) is 0 Å². The van der Waals surface area contributed by atoms with Gasteiger partial charge in [0.2, 0.25) is 0 Å². The zero-order valence-corrected chi connectivity index (χ0v) is 26.5. The number of hydrogen-bond donors (Lipinski definition) is 0. The minimum atomic E-state index is 0.835. The van der Waals surface area contributed by atoms with Crippen molar-refractivity contribution in [3.63, 3.8) is 0 Å². The molecule has 0 aliphatic heterocycles. The summed E-state index contributed by atoms with van der Waals surface area (Å²) in [7, 11) is 0. The molecule has 0 nitrogen and oxygen atoms in total. The van der Waals surface area contributed by atoms with Crippen LogP contribution in [0.15, 0.2) is 24.3 Å². The van der Waals surface area contributed by atoms with Crippen molar-refractivity contribution < 1.29 is 0 Å². The third-order valence-electron chi connectivity index (χ3n) is 11.8. The van der Waals surface area contributed by atoms with E-state index in [4.69, 9.17) is 0 Å². The summed E-state index contributed by atoms with van der Waals surface area (Å²) in [6.45, 7) is 4.65. The summed E-state index contributed by atoms with van der Waals surface area (Å²) in [4.78, 5) is 0. The molecule has 0 radical (unpaired) electrons. The summed E-state index contributed by atoms with van der Waals surface area (Å²) in [5.41, 5.74) is 3.23. The second kappa shape index (κ2) is 17.9. The lowest BCUT2D eigenvalue weighted by molar-refractivity contribution is 0.140. The van der Waals surface area contributed by atoms with E-state index in [1.807, 2.05) is 0 Å². The van der Waals surface area contributed by atoms with Crippen molar-refractivity contribution in [2.75, 3.05) is 0 Å². The van der Waals surface area contributed by atoms with Gasteiger partial charge >= 0.3 is 0 Å². The summed E-state index contributed by atoms with van der Waals surface area (Å²) in [6.07, 6.45) is 36.9. The van der Waals surface area contributed by atoms with Crippen LogP contribution in [0.5, 0.6) is 0 Å². The fraction of sp³-hybridized carbons (Fsp3) is 0.846. The molecule has 0 saturated heterocycles. The molecule has 0 atom stereocenters. The molecule has 0 N–H and O–H groups in total. The molecule has 3 saturated carbocycles. The van der Waals surface area contributed by atoms with Crippen LogP contribution in [0, 0.1) is 29.6 Å². The van der Waals surface area contributed by atoms with Crippen LogP contribution in [-0.4, -0.2) is 0 Å². The molecule has 0 bridgehead atoms. The van der Waals surface area contributed by atoms with Gasteiger partial charge in [-0.05, 0) is 111 Å². The van der Waals surface area contributed by atoms with Gasteiger partial charge in [0.1, 0.15) is 0 Å². The Balaban J connectivity index is 1.07. The summed E-state index contributed by atoms with van der Waals surface area (Å²) < 4.78 is 0. The van der Waals surface area contributed by atoms with Gasteiger partial charge in [-0.25, -0.2) is 0 Å². The highest BCUT2D eigenvalue weighted by molar-refractivity contribution is 5.26. The molecule has 0 heterocycles. The zero-order valence-electron chi connectivity index (χ0n) is 26.5. The number of benzene rings is 1. The van der Waals surface area contributed by atoms with Crippen molar-refractivity contribution in [2.24, 2.45) is 29.6 Å². The van der Waals surface area contributed by atoms with Crippen LogP contribution in [0.1, 0.15) is 185 Å². The maximum atomic E-state index is 2.50. The van der Waals surface area contributed by atoms with E-state index in [0.717, 1.165) is 35.5 Å². The van der Waals surface area contributed by atoms with Gasteiger partial charge in [-0.1, -0.05) is 134 Å². The number of unbranched alkanes of at least 4 members (excludes halogenated alkanes) is 7. The fourth-order valence-corrected chi connectivity index (χ4v) is 8.90. The van der Waals surface area contributed by atoms with Gasteiger partial charge in [0.15, 0.2) is 0 Å². The summed E-state index contributed by atoms with van der Waals surface area (Å²) in [5, 5.41) is 0. The Morgan fingerprint density at radius 3 is 1.41 bits per heavy atom. The first-order valence-corrected chi connectivity index (χ1v) is 18.3. The molecule has 222 valence electrons. The smallest absolute Gasteiger partial charge is 0.0162 e. The summed E-state index contributed by atoms with van der Waals surface area (Å²) in [6, 6.07) is 9.98. The van der Waals surface area contributed by atoms with Crippen LogP contribution in [-0.2, 0) is 6.42 Å². The van der Waals surface area contributed by atoms with Gasteiger partial charge in [0.25, 0.3) is 0 Å². The van der Waals surface area contributed by atoms with Crippen LogP contribution < -0.4 is 0 Å². The predicted molar refractivity (Wildman–Crippen MR) is 172 cm³/mol. The van der Waals surface area contributed by atoms with E-state index in [9.17, 15) is 0 Å². The van der Waals surface area contributed by atoms with E-state index in [1.54, 1.807) is 36.8 Å². The third kappa shape index (κ3) is 10.9. The second-order valence-corrected chi connectivity index (χ2v) is 14.6. The van der Waals surface area contributed by atoms with Crippen molar-refractivity contribution >= 4 is 0 Å². The molecule has 3 aliphatic rings. The van der Waals surface area contributed by atoms with Gasteiger partial charge in [-0.15, -0.1) is 0 Å². The number of rotatable bonds is 16. The Kier molecular flexibility index (Phi) is 14.3. The van der Waals surface area contributed by atoms with Gasteiger partial charge in [-0.2, -0.15) is 0 Å².